The number of carbonyl (C=O) groups is 1. The van der Waals surface area contributed by atoms with E-state index in [9.17, 15) is 18.0 Å². The van der Waals surface area contributed by atoms with Gasteiger partial charge >= 0.3 is 12.1 Å². The van der Waals surface area contributed by atoms with E-state index in [1.54, 1.807) is 0 Å². The van der Waals surface area contributed by atoms with Gasteiger partial charge in [0, 0.05) is 4.91 Å². The van der Waals surface area contributed by atoms with Gasteiger partial charge in [-0.3, -0.25) is 0 Å². The highest BCUT2D eigenvalue weighted by atomic mass is 19.4. The van der Waals surface area contributed by atoms with Crippen molar-refractivity contribution in [1.82, 2.24) is 0 Å². The van der Waals surface area contributed by atoms with Crippen molar-refractivity contribution < 1.29 is 22.7 Å². The minimum absolute atomic E-state index is 0.289. The Morgan fingerprint density at radius 2 is 2.05 bits per heavy atom. The van der Waals surface area contributed by atoms with Crippen molar-refractivity contribution in [3.63, 3.8) is 0 Å². The summed E-state index contributed by atoms with van der Waals surface area (Å²) in [5, 5.41) is 3.01. The van der Waals surface area contributed by atoms with Crippen molar-refractivity contribution in [3.8, 4) is 0 Å². The molecule has 0 aromatic heterocycles. The summed E-state index contributed by atoms with van der Waals surface area (Å²) in [5.74, 6) is -1.02. The number of alkyl halides is 3. The van der Waals surface area contributed by atoms with Crippen LogP contribution in [0.5, 0.6) is 0 Å². The predicted molar refractivity (Wildman–Crippen MR) is 60.6 cm³/mol. The van der Waals surface area contributed by atoms with E-state index in [1.165, 1.54) is 12.1 Å². The van der Waals surface area contributed by atoms with E-state index in [1.807, 2.05) is 0 Å². The van der Waals surface area contributed by atoms with Crippen molar-refractivity contribution in [3.05, 3.63) is 51.5 Å². The van der Waals surface area contributed by atoms with E-state index in [-0.39, 0.29) is 5.56 Å². The number of azide groups is 1. The van der Waals surface area contributed by atoms with Crippen LogP contribution in [-0.2, 0) is 15.7 Å². The van der Waals surface area contributed by atoms with Gasteiger partial charge < -0.3 is 4.74 Å². The smallest absolute Gasteiger partial charge is 0.416 e. The van der Waals surface area contributed by atoms with Crippen LogP contribution in [0.3, 0.4) is 0 Å². The lowest BCUT2D eigenvalue weighted by molar-refractivity contribution is -0.138. The van der Waals surface area contributed by atoms with Gasteiger partial charge in [-0.05, 0) is 23.2 Å². The van der Waals surface area contributed by atoms with Gasteiger partial charge in [-0.25, -0.2) is 4.79 Å². The largest absolute Gasteiger partial charge is 0.466 e. The van der Waals surface area contributed by atoms with Gasteiger partial charge in [0.2, 0.25) is 0 Å². The molecule has 1 aromatic carbocycles. The molecule has 0 bridgehead atoms. The van der Waals surface area contributed by atoms with E-state index in [2.05, 4.69) is 14.8 Å². The standard InChI is InChI=1S/C11H8F3N3O2/c1-19-10(18)9(16-17-15)6-7-4-2-3-5-8(7)11(12,13)14/h2-6H,1H3/b9-6-. The van der Waals surface area contributed by atoms with Crippen molar-refractivity contribution >= 4 is 12.0 Å². The summed E-state index contributed by atoms with van der Waals surface area (Å²) in [6, 6.07) is 4.59. The Hall–Kier alpha value is -2.47. The summed E-state index contributed by atoms with van der Waals surface area (Å²) in [5.41, 5.74) is 6.49. The Balaban J connectivity index is 3.37. The quantitative estimate of drug-likeness (QED) is 0.277. The summed E-state index contributed by atoms with van der Waals surface area (Å²) in [6.07, 6.45) is -3.75. The number of ether oxygens (including phenoxy) is 1. The highest BCUT2D eigenvalue weighted by Crippen LogP contribution is 2.32. The first-order chi connectivity index (χ1) is 8.90. The van der Waals surface area contributed by atoms with E-state index in [0.717, 1.165) is 25.3 Å². The maximum Gasteiger partial charge on any atom is 0.416 e. The van der Waals surface area contributed by atoms with Crippen LogP contribution in [0.1, 0.15) is 11.1 Å². The van der Waals surface area contributed by atoms with Crippen LogP contribution in [0, 0.1) is 0 Å². The molecule has 0 aliphatic rings. The van der Waals surface area contributed by atoms with E-state index in [4.69, 9.17) is 5.53 Å². The number of halogens is 3. The van der Waals surface area contributed by atoms with E-state index in [0.29, 0.717) is 0 Å². The van der Waals surface area contributed by atoms with Crippen LogP contribution in [-0.4, -0.2) is 13.1 Å². The molecule has 0 fully saturated rings. The Bertz CT molecular complexity index is 561. The molecule has 19 heavy (non-hydrogen) atoms. The Kier molecular flexibility index (Phi) is 4.55. The monoisotopic (exact) mass is 271 g/mol. The van der Waals surface area contributed by atoms with Gasteiger partial charge in [0.1, 0.15) is 5.70 Å². The van der Waals surface area contributed by atoms with Gasteiger partial charge in [0.15, 0.2) is 0 Å². The molecule has 0 unspecified atom stereocenters. The number of rotatable bonds is 3. The van der Waals surface area contributed by atoms with Crippen LogP contribution in [0.2, 0.25) is 0 Å². The molecule has 100 valence electrons. The summed E-state index contributed by atoms with van der Waals surface area (Å²) in [4.78, 5) is 13.6. The molecule has 1 aromatic rings. The van der Waals surface area contributed by atoms with Crippen molar-refractivity contribution in [1.29, 1.82) is 0 Å². The molecule has 0 atom stereocenters. The Morgan fingerprint density at radius 1 is 1.42 bits per heavy atom. The zero-order valence-corrected chi connectivity index (χ0v) is 9.68. The fourth-order valence-corrected chi connectivity index (χ4v) is 1.31. The van der Waals surface area contributed by atoms with Crippen LogP contribution in [0.25, 0.3) is 16.5 Å². The molecule has 5 nitrogen and oxygen atoms in total. The maximum absolute atomic E-state index is 12.7. The molecular weight excluding hydrogens is 263 g/mol. The number of benzene rings is 1. The highest BCUT2D eigenvalue weighted by Gasteiger charge is 2.32. The van der Waals surface area contributed by atoms with Gasteiger partial charge in [-0.15, -0.1) is 0 Å². The second-order valence-corrected chi connectivity index (χ2v) is 3.30. The van der Waals surface area contributed by atoms with Crippen LogP contribution < -0.4 is 0 Å². The fourth-order valence-electron chi connectivity index (χ4n) is 1.31. The number of hydrogen-bond acceptors (Lipinski definition) is 3. The molecule has 0 radical (unpaired) electrons. The third kappa shape index (κ3) is 3.75. The van der Waals surface area contributed by atoms with E-state index >= 15 is 0 Å². The summed E-state index contributed by atoms with van der Waals surface area (Å²) >= 11 is 0. The van der Waals surface area contributed by atoms with Crippen LogP contribution in [0.4, 0.5) is 13.2 Å². The van der Waals surface area contributed by atoms with Crippen molar-refractivity contribution in [2.45, 2.75) is 6.18 Å². The molecule has 0 saturated carbocycles. The number of hydrogen-bond donors (Lipinski definition) is 0. The lowest BCUT2D eigenvalue weighted by Crippen LogP contribution is -2.08. The molecule has 0 amide bonds. The molecule has 1 rings (SSSR count). The van der Waals surface area contributed by atoms with E-state index < -0.39 is 23.4 Å². The minimum Gasteiger partial charge on any atom is -0.466 e. The second kappa shape index (κ2) is 5.92. The minimum atomic E-state index is -4.58. The van der Waals surface area contributed by atoms with Gasteiger partial charge in [0.05, 0.1) is 12.7 Å². The zero-order valence-electron chi connectivity index (χ0n) is 9.68. The molecule has 0 aliphatic heterocycles. The average molecular weight is 271 g/mol. The zero-order chi connectivity index (χ0) is 14.5. The average Bonchev–Trinajstić information content (AvgIpc) is 2.36. The number of methoxy groups -OCH3 is 1. The van der Waals surface area contributed by atoms with Gasteiger partial charge in [0.25, 0.3) is 0 Å². The molecule has 0 N–H and O–H groups in total. The summed E-state index contributed by atoms with van der Waals surface area (Å²) in [6.45, 7) is 0. The second-order valence-electron chi connectivity index (χ2n) is 3.30. The first kappa shape index (κ1) is 14.6. The molecule has 8 heteroatoms. The normalized spacial score (nSPS) is 11.7. The van der Waals surface area contributed by atoms with Crippen LogP contribution >= 0.6 is 0 Å². The predicted octanol–water partition coefficient (Wildman–Crippen LogP) is 3.53. The Morgan fingerprint density at radius 3 is 2.58 bits per heavy atom. The third-order valence-corrected chi connectivity index (χ3v) is 2.11. The lowest BCUT2D eigenvalue weighted by atomic mass is 10.1. The maximum atomic E-state index is 12.7. The van der Waals surface area contributed by atoms with Crippen molar-refractivity contribution in [2.24, 2.45) is 5.11 Å². The molecular formula is C11H8F3N3O2. The van der Waals surface area contributed by atoms with Gasteiger partial charge in [-0.1, -0.05) is 23.3 Å². The van der Waals surface area contributed by atoms with Crippen LogP contribution in [0.15, 0.2) is 35.1 Å². The lowest BCUT2D eigenvalue weighted by Gasteiger charge is -2.10. The number of carbonyl (C=O) groups excluding carboxylic acids is 1. The first-order valence-electron chi connectivity index (χ1n) is 4.91. The highest BCUT2D eigenvalue weighted by molar-refractivity contribution is 5.93. The van der Waals surface area contributed by atoms with Gasteiger partial charge in [-0.2, -0.15) is 13.2 Å². The Labute approximate surface area is 105 Å². The number of esters is 1. The number of nitrogens with zero attached hydrogens (tertiary/aromatic N) is 3. The first-order valence-corrected chi connectivity index (χ1v) is 4.91. The molecule has 0 aliphatic carbocycles. The topological polar surface area (TPSA) is 75.1 Å². The molecule has 0 saturated heterocycles. The SMILES string of the molecule is COC(=O)/C(=C/c1ccccc1C(F)(F)F)N=[N+]=[N-]. The molecule has 0 heterocycles. The van der Waals surface area contributed by atoms with Crippen molar-refractivity contribution in [2.75, 3.05) is 7.11 Å². The fraction of sp³-hybridized carbons (Fsp3) is 0.182. The summed E-state index contributed by atoms with van der Waals surface area (Å²) < 4.78 is 42.5. The summed E-state index contributed by atoms with van der Waals surface area (Å²) in [7, 11) is 1.03. The third-order valence-electron chi connectivity index (χ3n) is 2.11. The molecule has 0 spiro atoms.